The Balaban J connectivity index is 2.27. The van der Waals surface area contributed by atoms with Crippen LogP contribution in [0.3, 0.4) is 0 Å². The lowest BCUT2D eigenvalue weighted by atomic mass is 9.98. The van der Waals surface area contributed by atoms with E-state index in [1.54, 1.807) is 11.8 Å². The second-order valence-corrected chi connectivity index (χ2v) is 8.03. The zero-order valence-corrected chi connectivity index (χ0v) is 18.1. The predicted octanol–water partition coefficient (Wildman–Crippen LogP) is 4.51. The first-order valence-electron chi connectivity index (χ1n) is 10.3. The van der Waals surface area contributed by atoms with Crippen molar-refractivity contribution in [3.63, 3.8) is 0 Å². The highest BCUT2D eigenvalue weighted by atomic mass is 32.2. The number of hydrogen-bond donors (Lipinski definition) is 1. The van der Waals surface area contributed by atoms with Crippen LogP contribution in [0.15, 0.2) is 17.2 Å². The monoisotopic (exact) mass is 390 g/mol. The van der Waals surface area contributed by atoms with Gasteiger partial charge in [0.1, 0.15) is 5.75 Å². The highest BCUT2D eigenvalue weighted by Crippen LogP contribution is 2.33. The van der Waals surface area contributed by atoms with Crippen LogP contribution in [0.1, 0.15) is 57.2 Å². The minimum absolute atomic E-state index is 0.194. The van der Waals surface area contributed by atoms with Gasteiger partial charge < -0.3 is 14.9 Å². The summed E-state index contributed by atoms with van der Waals surface area (Å²) in [6.45, 7) is 12.2. The molecule has 1 saturated heterocycles. The van der Waals surface area contributed by atoms with E-state index in [9.17, 15) is 9.90 Å². The summed E-state index contributed by atoms with van der Waals surface area (Å²) in [5, 5.41) is 11.6. The number of phenols is 1. The van der Waals surface area contributed by atoms with Crippen LogP contribution >= 0.6 is 11.8 Å². The normalized spacial score (nSPS) is 16.1. The van der Waals surface area contributed by atoms with Gasteiger partial charge in [0.15, 0.2) is 0 Å². The van der Waals surface area contributed by atoms with Gasteiger partial charge in [-0.1, -0.05) is 52.3 Å². The van der Waals surface area contributed by atoms with Gasteiger partial charge in [-0.2, -0.15) is 0 Å². The lowest BCUT2D eigenvalue weighted by Gasteiger charge is -2.23. The van der Waals surface area contributed by atoms with Gasteiger partial charge in [-0.05, 0) is 60.8 Å². The van der Waals surface area contributed by atoms with E-state index in [1.807, 2.05) is 4.90 Å². The largest absolute Gasteiger partial charge is 0.507 e. The number of benzene rings is 1. The van der Waals surface area contributed by atoms with E-state index in [2.05, 4.69) is 50.8 Å². The fourth-order valence-electron chi connectivity index (χ4n) is 3.48. The van der Waals surface area contributed by atoms with Crippen LogP contribution in [0, 0.1) is 0 Å². The molecular formula is C22H34N2O2S. The van der Waals surface area contributed by atoms with Crippen molar-refractivity contribution < 1.29 is 9.90 Å². The number of nitrogens with zero attached hydrogens (tertiary/aromatic N) is 2. The minimum atomic E-state index is 0.194. The van der Waals surface area contributed by atoms with Gasteiger partial charge in [-0.25, -0.2) is 0 Å². The molecular weight excluding hydrogens is 356 g/mol. The van der Waals surface area contributed by atoms with Crippen molar-refractivity contribution in [3.05, 3.63) is 33.9 Å². The topological polar surface area (TPSA) is 43.8 Å². The van der Waals surface area contributed by atoms with E-state index in [0.29, 0.717) is 11.5 Å². The Hall–Kier alpha value is -1.46. The van der Waals surface area contributed by atoms with Crippen molar-refractivity contribution in [1.29, 1.82) is 0 Å². The van der Waals surface area contributed by atoms with Crippen molar-refractivity contribution >= 4 is 23.7 Å². The first-order chi connectivity index (χ1) is 13.0. The maximum Gasteiger partial charge on any atom is 0.237 e. The van der Waals surface area contributed by atoms with Gasteiger partial charge in [0, 0.05) is 13.1 Å². The first kappa shape index (κ1) is 21.8. The zero-order valence-electron chi connectivity index (χ0n) is 17.3. The highest BCUT2D eigenvalue weighted by Gasteiger charge is 2.26. The van der Waals surface area contributed by atoms with Gasteiger partial charge in [0.2, 0.25) is 5.91 Å². The quantitative estimate of drug-likeness (QED) is 0.638. The molecule has 0 atom stereocenters. The van der Waals surface area contributed by atoms with Gasteiger partial charge >= 0.3 is 0 Å². The van der Waals surface area contributed by atoms with Crippen LogP contribution in [0.5, 0.6) is 5.75 Å². The Kier molecular flexibility index (Phi) is 8.71. The van der Waals surface area contributed by atoms with Gasteiger partial charge in [0.25, 0.3) is 0 Å². The summed E-state index contributed by atoms with van der Waals surface area (Å²) in [5.41, 5.74) is 3.11. The number of hydrogen-bond acceptors (Lipinski definition) is 4. The molecule has 0 bridgehead atoms. The first-order valence-corrected chi connectivity index (χ1v) is 11.2. The standard InChI is InChI=1S/C22H34N2O2S/c1-5-9-18-13-17(14-19(10-6-2)22(18)26)15-21-24(20(25)16-27-21)12-11-23(7-3)8-4/h13-15,26H,5-12,16H2,1-4H3. The molecule has 2 rings (SSSR count). The van der Waals surface area contributed by atoms with E-state index in [1.165, 1.54) is 0 Å². The molecule has 1 N–H and O–H groups in total. The number of rotatable bonds is 10. The minimum Gasteiger partial charge on any atom is -0.507 e. The van der Waals surface area contributed by atoms with Gasteiger partial charge in [0.05, 0.1) is 10.8 Å². The molecule has 0 aliphatic carbocycles. The molecule has 27 heavy (non-hydrogen) atoms. The van der Waals surface area contributed by atoms with Crippen molar-refractivity contribution in [2.45, 2.75) is 53.4 Å². The van der Waals surface area contributed by atoms with Crippen molar-refractivity contribution in [3.8, 4) is 5.75 Å². The summed E-state index contributed by atoms with van der Waals surface area (Å²) in [6, 6.07) is 4.16. The molecule has 0 spiro atoms. The SMILES string of the molecule is CCCc1cc(C=C2SCC(=O)N2CCN(CC)CC)cc(CCC)c1O. The molecule has 0 saturated carbocycles. The van der Waals surface area contributed by atoms with Crippen LogP contribution in [-0.2, 0) is 17.6 Å². The number of amides is 1. The summed E-state index contributed by atoms with van der Waals surface area (Å²) < 4.78 is 0. The summed E-state index contributed by atoms with van der Waals surface area (Å²) >= 11 is 1.62. The average molecular weight is 391 g/mol. The fourth-order valence-corrected chi connectivity index (χ4v) is 4.48. The van der Waals surface area contributed by atoms with E-state index in [0.717, 1.165) is 73.6 Å². The second-order valence-electron chi connectivity index (χ2n) is 7.03. The smallest absolute Gasteiger partial charge is 0.237 e. The Morgan fingerprint density at radius 2 is 1.70 bits per heavy atom. The molecule has 4 nitrogen and oxygen atoms in total. The molecule has 0 aromatic heterocycles. The highest BCUT2D eigenvalue weighted by molar-refractivity contribution is 8.04. The van der Waals surface area contributed by atoms with E-state index in [-0.39, 0.29) is 5.91 Å². The molecule has 5 heteroatoms. The molecule has 1 amide bonds. The lowest BCUT2D eigenvalue weighted by molar-refractivity contribution is -0.125. The summed E-state index contributed by atoms with van der Waals surface area (Å²) in [4.78, 5) is 16.6. The number of carbonyl (C=O) groups is 1. The fraction of sp³-hybridized carbons (Fsp3) is 0.591. The molecule has 1 heterocycles. The molecule has 1 aliphatic rings. The molecule has 0 unspecified atom stereocenters. The Morgan fingerprint density at radius 3 is 2.22 bits per heavy atom. The number of thioether (sulfide) groups is 1. The third kappa shape index (κ3) is 5.76. The van der Waals surface area contributed by atoms with Crippen LogP contribution in [0.2, 0.25) is 0 Å². The molecule has 150 valence electrons. The van der Waals surface area contributed by atoms with Crippen LogP contribution in [-0.4, -0.2) is 52.7 Å². The number of likely N-dealkylation sites (N-methyl/N-ethyl adjacent to an activating group) is 1. The Morgan fingerprint density at radius 1 is 1.11 bits per heavy atom. The van der Waals surface area contributed by atoms with E-state index < -0.39 is 0 Å². The summed E-state index contributed by atoms with van der Waals surface area (Å²) in [6.07, 6.45) is 5.87. The molecule has 1 aromatic rings. The predicted molar refractivity (Wildman–Crippen MR) is 116 cm³/mol. The molecule has 1 aromatic carbocycles. The van der Waals surface area contributed by atoms with Crippen molar-refractivity contribution in [2.75, 3.05) is 31.9 Å². The van der Waals surface area contributed by atoms with Crippen LogP contribution < -0.4 is 0 Å². The lowest BCUT2D eigenvalue weighted by Crippen LogP contribution is -2.35. The second kappa shape index (κ2) is 10.8. The van der Waals surface area contributed by atoms with Gasteiger partial charge in [-0.15, -0.1) is 0 Å². The summed E-state index contributed by atoms with van der Waals surface area (Å²) in [7, 11) is 0. The maximum atomic E-state index is 12.4. The van der Waals surface area contributed by atoms with Crippen LogP contribution in [0.25, 0.3) is 6.08 Å². The number of aryl methyl sites for hydroxylation is 2. The Labute approximate surface area is 168 Å². The number of aromatic hydroxyl groups is 1. The summed E-state index contributed by atoms with van der Waals surface area (Å²) in [5.74, 6) is 1.17. The average Bonchev–Trinajstić information content (AvgIpc) is 3.00. The number of phenolic OH excluding ortho intramolecular Hbond substituents is 1. The molecule has 1 aliphatic heterocycles. The van der Waals surface area contributed by atoms with Crippen molar-refractivity contribution in [2.24, 2.45) is 0 Å². The van der Waals surface area contributed by atoms with Crippen LogP contribution in [0.4, 0.5) is 0 Å². The Bertz CT molecular complexity index is 641. The van der Waals surface area contributed by atoms with E-state index >= 15 is 0 Å². The maximum absolute atomic E-state index is 12.4. The third-order valence-corrected chi connectivity index (χ3v) is 6.09. The van der Waals surface area contributed by atoms with Crippen molar-refractivity contribution in [1.82, 2.24) is 9.80 Å². The van der Waals surface area contributed by atoms with E-state index in [4.69, 9.17) is 0 Å². The van der Waals surface area contributed by atoms with Gasteiger partial charge in [-0.3, -0.25) is 4.79 Å². The zero-order chi connectivity index (χ0) is 19.8. The number of carbonyl (C=O) groups excluding carboxylic acids is 1. The third-order valence-electron chi connectivity index (χ3n) is 5.06. The molecule has 1 fully saturated rings. The molecule has 0 radical (unpaired) electrons.